The molecule has 1 fully saturated rings. The van der Waals surface area contributed by atoms with Gasteiger partial charge in [-0.05, 0) is 68.5 Å². The molecule has 1 unspecified atom stereocenters. The molecule has 0 bridgehead atoms. The molecule has 2 amide bonds. The van der Waals surface area contributed by atoms with Crippen molar-refractivity contribution in [3.8, 4) is 5.75 Å². The van der Waals surface area contributed by atoms with Crippen LogP contribution in [0.1, 0.15) is 31.4 Å². The summed E-state index contributed by atoms with van der Waals surface area (Å²) >= 11 is 0. The zero-order chi connectivity index (χ0) is 30.7. The molecule has 1 atom stereocenters. The third-order valence-electron chi connectivity index (χ3n) is 8.66. The maximum absolute atomic E-state index is 14.5. The highest BCUT2D eigenvalue weighted by molar-refractivity contribution is 6.28. The Balaban J connectivity index is 1.30. The minimum atomic E-state index is -1.16. The summed E-state index contributed by atoms with van der Waals surface area (Å²) in [6.45, 7) is 5.97. The lowest BCUT2D eigenvalue weighted by Gasteiger charge is -2.30. The predicted octanol–water partition coefficient (Wildman–Crippen LogP) is 6.34. The Labute approximate surface area is 260 Å². The molecule has 9 heteroatoms. The van der Waals surface area contributed by atoms with E-state index in [1.54, 1.807) is 0 Å². The fourth-order valence-electron chi connectivity index (χ4n) is 6.50. The summed E-state index contributed by atoms with van der Waals surface area (Å²) in [5.74, 6) is -0.290. The van der Waals surface area contributed by atoms with Gasteiger partial charge >= 0.3 is 0 Å². The summed E-state index contributed by atoms with van der Waals surface area (Å²) in [5, 5.41) is 2.92. The van der Waals surface area contributed by atoms with Crippen molar-refractivity contribution >= 4 is 57.5 Å². The van der Waals surface area contributed by atoms with Crippen molar-refractivity contribution in [2.24, 2.45) is 10.9 Å². The summed E-state index contributed by atoms with van der Waals surface area (Å²) in [5.41, 5.74) is 5.39. The van der Waals surface area contributed by atoms with Gasteiger partial charge in [-0.3, -0.25) is 14.2 Å². The Morgan fingerprint density at radius 2 is 1.40 bits per heavy atom. The van der Waals surface area contributed by atoms with E-state index in [0.29, 0.717) is 34.4 Å². The average Bonchev–Trinajstić information content (AvgIpc) is 3.59. The Kier molecular flexibility index (Phi) is 6.26. The van der Waals surface area contributed by atoms with Gasteiger partial charge in [0.2, 0.25) is 5.90 Å². The van der Waals surface area contributed by atoms with E-state index in [9.17, 15) is 9.59 Å². The van der Waals surface area contributed by atoms with Crippen LogP contribution in [-0.2, 0) is 9.59 Å². The number of ether oxygens (including phenoxy) is 1. The van der Waals surface area contributed by atoms with E-state index >= 15 is 0 Å². The molecule has 1 aromatic heterocycles. The average molecular weight is 595 g/mol. The topological polar surface area (TPSA) is 83.3 Å². The maximum atomic E-state index is 14.5. The summed E-state index contributed by atoms with van der Waals surface area (Å²) < 4.78 is 8.42. The first kappa shape index (κ1) is 26.9. The van der Waals surface area contributed by atoms with E-state index in [2.05, 4.69) is 24.8 Å². The van der Waals surface area contributed by atoms with Crippen molar-refractivity contribution in [3.05, 3.63) is 115 Å². The standard InChI is InChI=1S/C36H30N6O3/c1-3-39(4-2)26-20-19-23-21-27-32-37-28-17-11-12-18-29(28)40(32)33(38-34(27)45-30(23)22-26)31-35(43)41(24-13-7-5-8-14-24)42(36(31)44)25-15-9-6-10-16-25/h5-22,31,33H,3-4H2,1-2H3. The van der Waals surface area contributed by atoms with Gasteiger partial charge in [0.05, 0.1) is 28.0 Å². The first-order chi connectivity index (χ1) is 22.1. The minimum absolute atomic E-state index is 0.344. The number of nitrogens with zero attached hydrogens (tertiary/aromatic N) is 6. The van der Waals surface area contributed by atoms with Gasteiger partial charge < -0.3 is 9.64 Å². The normalized spacial score (nSPS) is 17.4. The highest BCUT2D eigenvalue weighted by atomic mass is 16.5. The largest absolute Gasteiger partial charge is 0.438 e. The maximum Gasteiger partial charge on any atom is 0.263 e. The summed E-state index contributed by atoms with van der Waals surface area (Å²) in [4.78, 5) is 41.3. The van der Waals surface area contributed by atoms with Crippen LogP contribution in [-0.4, -0.2) is 40.4 Å². The fourth-order valence-corrected chi connectivity index (χ4v) is 6.50. The van der Waals surface area contributed by atoms with Crippen LogP contribution in [0.3, 0.4) is 0 Å². The lowest BCUT2D eigenvalue weighted by atomic mass is 10.00. The molecule has 222 valence electrons. The Bertz CT molecular complexity index is 1970. The molecule has 4 aromatic carbocycles. The number of hydrogen-bond acceptors (Lipinski definition) is 6. The number of aliphatic imine (C=N–C) groups is 1. The van der Waals surface area contributed by atoms with E-state index in [-0.39, 0.29) is 11.8 Å². The number of imidazole rings is 1. The van der Waals surface area contributed by atoms with Crippen LogP contribution in [0.2, 0.25) is 0 Å². The van der Waals surface area contributed by atoms with Crippen LogP contribution >= 0.6 is 0 Å². The van der Waals surface area contributed by atoms with Gasteiger partial charge in [-0.1, -0.05) is 48.5 Å². The van der Waals surface area contributed by atoms with Gasteiger partial charge in [0.15, 0.2) is 12.1 Å². The second-order valence-electron chi connectivity index (χ2n) is 11.1. The lowest BCUT2D eigenvalue weighted by Crippen LogP contribution is -2.41. The molecule has 0 radical (unpaired) electrons. The highest BCUT2D eigenvalue weighted by Crippen LogP contribution is 2.44. The number of carbonyl (C=O) groups excluding carboxylic acids is 2. The van der Waals surface area contributed by atoms with Crippen molar-refractivity contribution < 1.29 is 14.3 Å². The molecule has 45 heavy (non-hydrogen) atoms. The molecule has 3 aliphatic rings. The van der Waals surface area contributed by atoms with Crippen LogP contribution in [0.4, 0.5) is 17.1 Å². The van der Waals surface area contributed by atoms with Gasteiger partial charge in [-0.25, -0.2) is 20.0 Å². The van der Waals surface area contributed by atoms with E-state index in [1.807, 2.05) is 108 Å². The Hall–Kier alpha value is -5.70. The van der Waals surface area contributed by atoms with Gasteiger partial charge in [0, 0.05) is 30.4 Å². The Morgan fingerprint density at radius 1 is 0.778 bits per heavy atom. The van der Waals surface area contributed by atoms with Gasteiger partial charge in [-0.2, -0.15) is 0 Å². The van der Waals surface area contributed by atoms with Crippen molar-refractivity contribution in [1.29, 1.82) is 0 Å². The number of aromatic nitrogens is 2. The number of hydrazine groups is 1. The number of rotatable bonds is 6. The minimum Gasteiger partial charge on any atom is -0.438 e. The molecule has 0 aliphatic carbocycles. The van der Waals surface area contributed by atoms with E-state index in [0.717, 1.165) is 35.4 Å². The molecule has 9 nitrogen and oxygen atoms in total. The molecule has 5 aromatic rings. The van der Waals surface area contributed by atoms with Crippen LogP contribution in [0.15, 0.2) is 108 Å². The highest BCUT2D eigenvalue weighted by Gasteiger charge is 2.53. The number of fused-ring (bicyclic) bond motifs is 6. The van der Waals surface area contributed by atoms with Crippen molar-refractivity contribution in [2.75, 3.05) is 28.0 Å². The van der Waals surface area contributed by atoms with Crippen LogP contribution in [0, 0.1) is 5.92 Å². The molecule has 0 N–H and O–H groups in total. The van der Waals surface area contributed by atoms with Crippen LogP contribution < -0.4 is 19.7 Å². The van der Waals surface area contributed by atoms with Crippen LogP contribution in [0.25, 0.3) is 22.7 Å². The first-order valence-electron chi connectivity index (χ1n) is 15.2. The molecule has 1 saturated heterocycles. The van der Waals surface area contributed by atoms with Crippen molar-refractivity contribution in [1.82, 2.24) is 9.55 Å². The lowest BCUT2D eigenvalue weighted by molar-refractivity contribution is -0.128. The van der Waals surface area contributed by atoms with Gasteiger partial charge in [-0.15, -0.1) is 0 Å². The molecule has 4 heterocycles. The number of anilines is 3. The second-order valence-corrected chi connectivity index (χ2v) is 11.1. The first-order valence-corrected chi connectivity index (χ1v) is 15.2. The molecular weight excluding hydrogens is 564 g/mol. The smallest absolute Gasteiger partial charge is 0.263 e. The molecule has 0 spiro atoms. The summed E-state index contributed by atoms with van der Waals surface area (Å²) in [7, 11) is 0. The summed E-state index contributed by atoms with van der Waals surface area (Å²) in [6, 6.07) is 32.3. The zero-order valence-electron chi connectivity index (χ0n) is 24.9. The number of benzene rings is 4. The van der Waals surface area contributed by atoms with Crippen molar-refractivity contribution in [2.45, 2.75) is 20.0 Å². The SMILES string of the molecule is CCN(CC)c1ccc2c(c1)OC1=NC(C3C(=O)N(c4ccccc4)N(c4ccccc4)C3=O)n3c(nc4ccccc43)C1=C2. The Morgan fingerprint density at radius 3 is 2.04 bits per heavy atom. The molecule has 8 rings (SSSR count). The summed E-state index contributed by atoms with van der Waals surface area (Å²) in [6.07, 6.45) is 1.11. The monoisotopic (exact) mass is 594 g/mol. The molecule has 3 aliphatic heterocycles. The number of hydrogen-bond donors (Lipinski definition) is 0. The third-order valence-corrected chi connectivity index (χ3v) is 8.66. The molecular formula is C36H30N6O3. The molecule has 0 saturated carbocycles. The quantitative estimate of drug-likeness (QED) is 0.214. The van der Waals surface area contributed by atoms with Crippen molar-refractivity contribution in [3.63, 3.8) is 0 Å². The predicted molar refractivity (Wildman–Crippen MR) is 176 cm³/mol. The van der Waals surface area contributed by atoms with E-state index in [1.165, 1.54) is 10.0 Å². The van der Waals surface area contributed by atoms with E-state index < -0.39 is 12.1 Å². The fraction of sp³-hybridized carbons (Fsp3) is 0.167. The number of carbonyl (C=O) groups is 2. The van der Waals surface area contributed by atoms with Gasteiger partial charge in [0.1, 0.15) is 11.6 Å². The number of amides is 2. The number of para-hydroxylation sites is 4. The van der Waals surface area contributed by atoms with E-state index in [4.69, 9.17) is 14.7 Å². The second kappa shape index (κ2) is 10.5. The van der Waals surface area contributed by atoms with Gasteiger partial charge in [0.25, 0.3) is 11.8 Å². The van der Waals surface area contributed by atoms with Crippen LogP contribution in [0.5, 0.6) is 5.75 Å². The third kappa shape index (κ3) is 4.15. The zero-order valence-corrected chi connectivity index (χ0v) is 24.9.